The second-order valence-corrected chi connectivity index (χ2v) is 11.8. The first-order valence-electron chi connectivity index (χ1n) is 12.7. The molecule has 8 heteroatoms. The Morgan fingerprint density at radius 3 is 2.53 bits per heavy atom. The first kappa shape index (κ1) is 25.2. The van der Waals surface area contributed by atoms with E-state index in [1.54, 1.807) is 0 Å². The first-order valence-corrected chi connectivity index (χ1v) is 12.7. The summed E-state index contributed by atoms with van der Waals surface area (Å²) in [5.41, 5.74) is 1.83. The number of carbonyl (C=O) groups is 2. The molecule has 4 rings (SSSR count). The van der Waals surface area contributed by atoms with Crippen molar-refractivity contribution in [3.63, 3.8) is 0 Å². The number of carboxylic acid groups (broad SMARTS) is 1. The molecule has 0 aliphatic heterocycles. The number of amides is 1. The molecule has 8 unspecified atom stereocenters. The summed E-state index contributed by atoms with van der Waals surface area (Å²) in [6.07, 6.45) is 9.14. The molecular weight excluding hydrogens is 436 g/mol. The van der Waals surface area contributed by atoms with E-state index < -0.39 is 36.2 Å². The summed E-state index contributed by atoms with van der Waals surface area (Å²) in [4.78, 5) is 28.3. The van der Waals surface area contributed by atoms with Gasteiger partial charge in [-0.15, -0.1) is 0 Å². The molecule has 8 nitrogen and oxygen atoms in total. The van der Waals surface area contributed by atoms with Gasteiger partial charge in [-0.1, -0.05) is 24.6 Å². The van der Waals surface area contributed by atoms with Gasteiger partial charge in [-0.2, -0.15) is 0 Å². The summed E-state index contributed by atoms with van der Waals surface area (Å²) in [5, 5.41) is 36.0. The third-order valence-corrected chi connectivity index (χ3v) is 9.98. The van der Waals surface area contributed by atoms with Gasteiger partial charge in [-0.25, -0.2) is 4.79 Å². The average Bonchev–Trinajstić information content (AvgIpc) is 3.00. The minimum atomic E-state index is -1.38. The number of carboxylic acids is 1. The van der Waals surface area contributed by atoms with E-state index >= 15 is 0 Å². The van der Waals surface area contributed by atoms with Gasteiger partial charge in [0.25, 0.3) is 5.91 Å². The zero-order valence-corrected chi connectivity index (χ0v) is 20.8. The first-order chi connectivity index (χ1) is 15.9. The highest BCUT2D eigenvalue weighted by Gasteiger charge is 2.62. The number of rotatable bonds is 6. The fourth-order valence-corrected chi connectivity index (χ4v) is 7.66. The average molecular weight is 477 g/mol. The summed E-state index contributed by atoms with van der Waals surface area (Å²) in [6.45, 7) is 7.67. The maximum atomic E-state index is 12.0. The second-order valence-electron chi connectivity index (χ2n) is 11.8. The van der Waals surface area contributed by atoms with Gasteiger partial charge in [-0.05, 0) is 99.9 Å². The monoisotopic (exact) mass is 476 g/mol. The molecule has 0 bridgehead atoms. The molecule has 1 amide bonds. The molecule has 4 N–H and O–H groups in total. The van der Waals surface area contributed by atoms with Crippen molar-refractivity contribution in [1.82, 2.24) is 5.32 Å². The van der Waals surface area contributed by atoms with Crippen LogP contribution in [-0.2, 0) is 14.4 Å². The van der Waals surface area contributed by atoms with Crippen LogP contribution in [0.1, 0.15) is 79.1 Å². The van der Waals surface area contributed by atoms with Crippen LogP contribution >= 0.6 is 0 Å². The minimum absolute atomic E-state index is 0.0227. The van der Waals surface area contributed by atoms with Crippen molar-refractivity contribution in [2.75, 3.05) is 6.61 Å². The number of hydrogen-bond acceptors (Lipinski definition) is 6. The van der Waals surface area contributed by atoms with Crippen molar-refractivity contribution in [3.05, 3.63) is 11.6 Å². The highest BCUT2D eigenvalue weighted by atomic mass is 16.6. The van der Waals surface area contributed by atoms with Crippen LogP contribution in [0.5, 0.6) is 0 Å². The van der Waals surface area contributed by atoms with Crippen LogP contribution < -0.4 is 5.32 Å². The summed E-state index contributed by atoms with van der Waals surface area (Å²) in [6, 6.07) is -1.38. The predicted molar refractivity (Wildman–Crippen MR) is 127 cm³/mol. The Bertz CT molecular complexity index is 896. The van der Waals surface area contributed by atoms with Crippen molar-refractivity contribution in [3.8, 4) is 0 Å². The largest absolute Gasteiger partial charge is 0.480 e. The van der Waals surface area contributed by atoms with Gasteiger partial charge in [-0.3, -0.25) is 4.79 Å². The molecule has 0 aromatic carbocycles. The number of aliphatic hydroxyl groups is 2. The Kier molecular flexibility index (Phi) is 6.62. The zero-order valence-electron chi connectivity index (χ0n) is 20.8. The maximum absolute atomic E-state index is 12.0. The number of aliphatic carboxylic acids is 1. The van der Waals surface area contributed by atoms with Gasteiger partial charge in [0.2, 0.25) is 0 Å². The van der Waals surface area contributed by atoms with Gasteiger partial charge in [0.1, 0.15) is 0 Å². The third kappa shape index (κ3) is 4.17. The number of nitrogens with zero attached hydrogens (tertiary/aromatic N) is 1. The lowest BCUT2D eigenvalue weighted by Gasteiger charge is -2.59. The van der Waals surface area contributed by atoms with Gasteiger partial charge in [0.05, 0.1) is 17.4 Å². The lowest BCUT2D eigenvalue weighted by atomic mass is 9.46. The Balaban J connectivity index is 1.40. The van der Waals surface area contributed by atoms with E-state index in [0.717, 1.165) is 57.1 Å². The minimum Gasteiger partial charge on any atom is -0.480 e. The van der Waals surface area contributed by atoms with Gasteiger partial charge < -0.3 is 25.5 Å². The summed E-state index contributed by atoms with van der Waals surface area (Å²) < 4.78 is 0. The van der Waals surface area contributed by atoms with Crippen molar-refractivity contribution < 1.29 is 29.7 Å². The third-order valence-electron chi connectivity index (χ3n) is 9.98. The molecule has 8 atom stereocenters. The molecule has 190 valence electrons. The standard InChI is InChI=1S/C26H40N2O6/c1-15(29)22(23(31)32)27-21(30)14-34-28-17-7-10-24(2)16(13-17)5-6-18-19(24)8-11-25(3)20(18)9-12-26(25,4)33/h13,15,18-20,22,29,33H,5-12,14H2,1-4H3,(H,27,30)(H,31,32). The van der Waals surface area contributed by atoms with Crippen molar-refractivity contribution >= 4 is 17.6 Å². The van der Waals surface area contributed by atoms with Crippen LogP contribution in [0.4, 0.5) is 0 Å². The topological polar surface area (TPSA) is 128 Å². The highest BCUT2D eigenvalue weighted by molar-refractivity contribution is 5.96. The zero-order chi connectivity index (χ0) is 24.9. The quantitative estimate of drug-likeness (QED) is 0.436. The fraction of sp³-hybridized carbons (Fsp3) is 0.808. The van der Waals surface area contributed by atoms with Gasteiger partial charge in [0, 0.05) is 0 Å². The summed E-state index contributed by atoms with van der Waals surface area (Å²) >= 11 is 0. The summed E-state index contributed by atoms with van der Waals surface area (Å²) in [7, 11) is 0. The van der Waals surface area contributed by atoms with Crippen LogP contribution in [0.15, 0.2) is 16.8 Å². The van der Waals surface area contributed by atoms with Crippen LogP contribution in [0.2, 0.25) is 0 Å². The number of oxime groups is 1. The molecule has 3 saturated carbocycles. The SMILES string of the molecule is CC(O)C(NC(=O)CON=C1C=C2CCC3C(CCC4(C)C3CCC4(C)O)C2(C)CC1)C(=O)O. The van der Waals surface area contributed by atoms with Crippen LogP contribution in [0, 0.1) is 28.6 Å². The molecular formula is C26H40N2O6. The summed E-state index contributed by atoms with van der Waals surface area (Å²) in [5.74, 6) is -0.0617. The smallest absolute Gasteiger partial charge is 0.328 e. The van der Waals surface area contributed by atoms with E-state index in [-0.39, 0.29) is 10.8 Å². The normalized spacial score (nSPS) is 42.0. The Morgan fingerprint density at radius 2 is 1.85 bits per heavy atom. The van der Waals surface area contributed by atoms with Crippen LogP contribution in [0.25, 0.3) is 0 Å². The van der Waals surface area contributed by atoms with Crippen molar-refractivity contribution in [1.29, 1.82) is 0 Å². The lowest BCUT2D eigenvalue weighted by molar-refractivity contribution is -0.145. The molecule has 3 fully saturated rings. The molecule has 34 heavy (non-hydrogen) atoms. The van der Waals surface area contributed by atoms with Gasteiger partial charge in [0.15, 0.2) is 12.6 Å². The molecule has 0 saturated heterocycles. The number of hydrogen-bond donors (Lipinski definition) is 4. The van der Waals surface area contributed by atoms with Gasteiger partial charge >= 0.3 is 5.97 Å². The van der Waals surface area contributed by atoms with E-state index in [4.69, 9.17) is 9.94 Å². The van der Waals surface area contributed by atoms with E-state index in [1.165, 1.54) is 12.5 Å². The Labute approximate surface area is 201 Å². The molecule has 4 aliphatic rings. The molecule has 0 aromatic rings. The molecule has 0 aromatic heterocycles. The van der Waals surface area contributed by atoms with Crippen molar-refractivity contribution in [2.24, 2.45) is 33.7 Å². The molecule has 4 aliphatic carbocycles. The van der Waals surface area contributed by atoms with E-state index in [9.17, 15) is 19.8 Å². The van der Waals surface area contributed by atoms with E-state index in [1.807, 2.05) is 6.92 Å². The lowest BCUT2D eigenvalue weighted by Crippen LogP contribution is -2.53. The second kappa shape index (κ2) is 8.94. The van der Waals surface area contributed by atoms with Crippen molar-refractivity contribution in [2.45, 2.75) is 96.8 Å². The molecule has 0 radical (unpaired) electrons. The number of fused-ring (bicyclic) bond motifs is 5. The van der Waals surface area contributed by atoms with Crippen LogP contribution in [-0.4, -0.2) is 57.3 Å². The predicted octanol–water partition coefficient (Wildman–Crippen LogP) is 3.02. The maximum Gasteiger partial charge on any atom is 0.328 e. The van der Waals surface area contributed by atoms with Crippen LogP contribution in [0.3, 0.4) is 0 Å². The fourth-order valence-electron chi connectivity index (χ4n) is 7.66. The molecule has 0 spiro atoms. The number of aliphatic hydroxyl groups excluding tert-OH is 1. The highest BCUT2D eigenvalue weighted by Crippen LogP contribution is 2.67. The number of carbonyl (C=O) groups excluding carboxylic acids is 1. The number of nitrogens with one attached hydrogen (secondary N) is 1. The number of allylic oxidation sites excluding steroid dienone is 2. The Hall–Kier alpha value is -1.93. The Morgan fingerprint density at radius 1 is 1.15 bits per heavy atom. The van der Waals surface area contributed by atoms with E-state index in [2.05, 4.69) is 30.4 Å². The van der Waals surface area contributed by atoms with E-state index in [0.29, 0.717) is 17.8 Å². The molecule has 0 heterocycles.